The lowest BCUT2D eigenvalue weighted by atomic mass is 10.0. The van der Waals surface area contributed by atoms with Gasteiger partial charge < -0.3 is 0 Å². The summed E-state index contributed by atoms with van der Waals surface area (Å²) in [5.74, 6) is 0. The first-order valence-corrected chi connectivity index (χ1v) is 4.31. The molecule has 0 fully saturated rings. The first-order chi connectivity index (χ1) is 7.32. The highest BCUT2D eigenvalue weighted by Crippen LogP contribution is 2.34. The zero-order chi connectivity index (χ0) is 12.3. The van der Waals surface area contributed by atoms with Crippen LogP contribution in [-0.4, -0.2) is 4.92 Å². The minimum atomic E-state index is -4.51. The van der Waals surface area contributed by atoms with Gasteiger partial charge in [-0.15, -0.1) is 0 Å². The molecule has 0 aliphatic carbocycles. The van der Waals surface area contributed by atoms with Crippen molar-refractivity contribution in [2.45, 2.75) is 13.1 Å². The Kier molecular flexibility index (Phi) is 3.31. The van der Waals surface area contributed by atoms with E-state index in [1.165, 1.54) is 25.1 Å². The minimum absolute atomic E-state index is 0.0297. The average molecular weight is 231 g/mol. The van der Waals surface area contributed by atoms with E-state index in [0.717, 1.165) is 6.07 Å². The monoisotopic (exact) mass is 231 g/mol. The minimum Gasteiger partial charge on any atom is -0.259 e. The number of halogens is 3. The number of benzene rings is 1. The van der Waals surface area contributed by atoms with Gasteiger partial charge in [-0.05, 0) is 18.6 Å². The van der Waals surface area contributed by atoms with E-state index in [1.807, 2.05) is 0 Å². The second kappa shape index (κ2) is 4.34. The zero-order valence-corrected chi connectivity index (χ0v) is 8.28. The third kappa shape index (κ3) is 2.82. The molecule has 0 unspecified atom stereocenters. The molecule has 0 aliphatic rings. The number of nitro groups is 1. The molecule has 6 heteroatoms. The normalized spacial score (nSPS) is 12.6. The van der Waals surface area contributed by atoms with Crippen molar-refractivity contribution in [1.29, 1.82) is 0 Å². The molecule has 1 rings (SSSR count). The number of hydrogen-bond acceptors (Lipinski definition) is 2. The molecule has 0 aromatic heterocycles. The fourth-order valence-corrected chi connectivity index (χ4v) is 1.30. The van der Waals surface area contributed by atoms with Crippen molar-refractivity contribution in [3.05, 3.63) is 51.7 Å². The molecule has 0 N–H and O–H groups in total. The van der Waals surface area contributed by atoms with Crippen LogP contribution in [-0.2, 0) is 6.18 Å². The number of alkyl halides is 3. The van der Waals surface area contributed by atoms with Crippen molar-refractivity contribution >= 4 is 5.57 Å². The summed E-state index contributed by atoms with van der Waals surface area (Å²) in [5, 5.41) is 10.2. The van der Waals surface area contributed by atoms with Gasteiger partial charge in [0.25, 0.3) is 0 Å². The van der Waals surface area contributed by atoms with Gasteiger partial charge in [-0.1, -0.05) is 18.2 Å². The van der Waals surface area contributed by atoms with Crippen LogP contribution in [0.5, 0.6) is 0 Å². The number of hydrogen-bond donors (Lipinski definition) is 0. The summed E-state index contributed by atoms with van der Waals surface area (Å²) in [7, 11) is 0. The highest BCUT2D eigenvalue weighted by Gasteiger charge is 2.33. The first-order valence-electron chi connectivity index (χ1n) is 4.31. The number of allylic oxidation sites excluding steroid dienone is 1. The Labute approximate surface area is 89.4 Å². The molecular formula is C10H8F3NO2. The van der Waals surface area contributed by atoms with E-state index >= 15 is 0 Å². The molecule has 0 aliphatic heterocycles. The van der Waals surface area contributed by atoms with E-state index in [2.05, 4.69) is 0 Å². The standard InChI is InChI=1S/C10H8F3NO2/c1-7(6-14(15)16)8-4-2-3-5-9(8)10(11,12)13/h2-6H,1H3/b7-6+. The van der Waals surface area contributed by atoms with Gasteiger partial charge in [0, 0.05) is 5.57 Å². The molecule has 0 heterocycles. The van der Waals surface area contributed by atoms with Crippen molar-refractivity contribution in [2.75, 3.05) is 0 Å². The molecule has 0 saturated heterocycles. The molecule has 1 aromatic carbocycles. The molecule has 0 bridgehead atoms. The van der Waals surface area contributed by atoms with E-state index in [0.29, 0.717) is 6.20 Å². The van der Waals surface area contributed by atoms with E-state index in [4.69, 9.17) is 0 Å². The Morgan fingerprint density at radius 2 is 1.94 bits per heavy atom. The Balaban J connectivity index is 3.29. The Hall–Kier alpha value is -1.85. The maximum Gasteiger partial charge on any atom is 0.416 e. The van der Waals surface area contributed by atoms with Gasteiger partial charge in [-0.25, -0.2) is 0 Å². The van der Waals surface area contributed by atoms with Gasteiger partial charge in [-0.3, -0.25) is 10.1 Å². The van der Waals surface area contributed by atoms with Gasteiger partial charge >= 0.3 is 6.18 Å². The van der Waals surface area contributed by atoms with Crippen molar-refractivity contribution in [3.63, 3.8) is 0 Å². The molecule has 3 nitrogen and oxygen atoms in total. The summed E-state index contributed by atoms with van der Waals surface area (Å²) in [4.78, 5) is 9.42. The van der Waals surface area contributed by atoms with E-state index < -0.39 is 16.7 Å². The smallest absolute Gasteiger partial charge is 0.259 e. The summed E-state index contributed by atoms with van der Waals surface area (Å²) in [5.41, 5.74) is -1.07. The molecule has 0 amide bonds. The molecule has 1 aromatic rings. The first kappa shape index (κ1) is 12.2. The van der Waals surface area contributed by atoms with Crippen LogP contribution in [0.1, 0.15) is 18.1 Å². The average Bonchev–Trinajstić information content (AvgIpc) is 2.15. The van der Waals surface area contributed by atoms with Crippen molar-refractivity contribution in [3.8, 4) is 0 Å². The largest absolute Gasteiger partial charge is 0.416 e. The second-order valence-electron chi connectivity index (χ2n) is 3.14. The fourth-order valence-electron chi connectivity index (χ4n) is 1.30. The van der Waals surface area contributed by atoms with Gasteiger partial charge in [0.05, 0.1) is 10.5 Å². The van der Waals surface area contributed by atoms with Crippen LogP contribution >= 0.6 is 0 Å². The summed E-state index contributed by atoms with van der Waals surface area (Å²) in [6.07, 6.45) is -3.95. The maximum atomic E-state index is 12.5. The number of rotatable bonds is 2. The van der Waals surface area contributed by atoms with E-state index in [9.17, 15) is 23.3 Å². The van der Waals surface area contributed by atoms with Gasteiger partial charge in [0.2, 0.25) is 6.20 Å². The van der Waals surface area contributed by atoms with Gasteiger partial charge in [0.15, 0.2) is 0 Å². The van der Waals surface area contributed by atoms with Crippen LogP contribution in [0.2, 0.25) is 0 Å². The number of nitrogens with zero attached hydrogens (tertiary/aromatic N) is 1. The van der Waals surface area contributed by atoms with Gasteiger partial charge in [0.1, 0.15) is 0 Å². The van der Waals surface area contributed by atoms with Crippen molar-refractivity contribution < 1.29 is 18.1 Å². The lowest BCUT2D eigenvalue weighted by molar-refractivity contribution is -0.401. The van der Waals surface area contributed by atoms with Crippen molar-refractivity contribution in [2.24, 2.45) is 0 Å². The lowest BCUT2D eigenvalue weighted by Gasteiger charge is -2.11. The fraction of sp³-hybridized carbons (Fsp3) is 0.200. The predicted octanol–water partition coefficient (Wildman–Crippen LogP) is 3.34. The maximum absolute atomic E-state index is 12.5. The Morgan fingerprint density at radius 1 is 1.38 bits per heavy atom. The van der Waals surface area contributed by atoms with Crippen LogP contribution in [0.15, 0.2) is 30.5 Å². The predicted molar refractivity (Wildman–Crippen MR) is 52.1 cm³/mol. The molecular weight excluding hydrogens is 223 g/mol. The lowest BCUT2D eigenvalue weighted by Crippen LogP contribution is -2.08. The molecule has 0 atom stereocenters. The van der Waals surface area contributed by atoms with Gasteiger partial charge in [-0.2, -0.15) is 13.2 Å². The third-order valence-electron chi connectivity index (χ3n) is 1.96. The molecule has 86 valence electrons. The van der Waals surface area contributed by atoms with Crippen LogP contribution in [0.3, 0.4) is 0 Å². The summed E-state index contributed by atoms with van der Waals surface area (Å²) < 4.78 is 37.6. The highest BCUT2D eigenvalue weighted by atomic mass is 19.4. The van der Waals surface area contributed by atoms with E-state index in [1.54, 1.807) is 0 Å². The summed E-state index contributed by atoms with van der Waals surface area (Å²) >= 11 is 0. The summed E-state index contributed by atoms with van der Waals surface area (Å²) in [6, 6.07) is 4.75. The zero-order valence-electron chi connectivity index (χ0n) is 8.28. The second-order valence-corrected chi connectivity index (χ2v) is 3.14. The van der Waals surface area contributed by atoms with Crippen LogP contribution in [0, 0.1) is 10.1 Å². The van der Waals surface area contributed by atoms with Crippen molar-refractivity contribution in [1.82, 2.24) is 0 Å². The molecule has 0 radical (unpaired) electrons. The van der Waals surface area contributed by atoms with Crippen LogP contribution < -0.4 is 0 Å². The quantitative estimate of drug-likeness (QED) is 0.578. The van der Waals surface area contributed by atoms with E-state index in [-0.39, 0.29) is 11.1 Å². The van der Waals surface area contributed by atoms with Crippen LogP contribution in [0.25, 0.3) is 5.57 Å². The highest BCUT2D eigenvalue weighted by molar-refractivity contribution is 5.66. The Morgan fingerprint density at radius 3 is 2.44 bits per heavy atom. The molecule has 0 spiro atoms. The van der Waals surface area contributed by atoms with Crippen LogP contribution in [0.4, 0.5) is 13.2 Å². The topological polar surface area (TPSA) is 43.1 Å². The molecule has 16 heavy (non-hydrogen) atoms. The SMILES string of the molecule is C/C(=C\[N+](=O)[O-])c1ccccc1C(F)(F)F. The summed E-state index contributed by atoms with van der Waals surface area (Å²) in [6.45, 7) is 1.27. The molecule has 0 saturated carbocycles. The Bertz CT molecular complexity index is 438. The third-order valence-corrected chi connectivity index (χ3v) is 1.96.